The molecule has 3 aromatic heterocycles. The summed E-state index contributed by atoms with van der Waals surface area (Å²) in [6.45, 7) is 9.02. The Hall–Kier alpha value is -4.16. The van der Waals surface area contributed by atoms with Gasteiger partial charge in [-0.15, -0.1) is 10.2 Å². The fourth-order valence-corrected chi connectivity index (χ4v) is 5.55. The van der Waals surface area contributed by atoms with Crippen LogP contribution in [0.15, 0.2) is 47.3 Å². The number of amides is 1. The Bertz CT molecular complexity index is 1550. The fraction of sp³-hybridized carbons (Fsp3) is 0.467. The molecule has 0 aliphatic carbocycles. The summed E-state index contributed by atoms with van der Waals surface area (Å²) in [5.41, 5.74) is 4.53. The van der Waals surface area contributed by atoms with E-state index < -0.39 is 0 Å². The average molecular weight is 572 g/mol. The van der Waals surface area contributed by atoms with Crippen molar-refractivity contribution >= 4 is 17.5 Å². The van der Waals surface area contributed by atoms with Gasteiger partial charge in [-0.3, -0.25) is 14.4 Å². The van der Waals surface area contributed by atoms with E-state index in [-0.39, 0.29) is 23.3 Å². The van der Waals surface area contributed by atoms with Gasteiger partial charge < -0.3 is 19.8 Å². The molecular weight excluding hydrogens is 534 g/mol. The van der Waals surface area contributed by atoms with Crippen molar-refractivity contribution in [2.45, 2.75) is 57.5 Å². The van der Waals surface area contributed by atoms with Crippen LogP contribution in [0.25, 0.3) is 11.3 Å². The van der Waals surface area contributed by atoms with Gasteiger partial charge in [0, 0.05) is 62.8 Å². The van der Waals surface area contributed by atoms with E-state index in [2.05, 4.69) is 54.0 Å². The monoisotopic (exact) mass is 571 g/mol. The smallest absolute Gasteiger partial charge is 0.309 e. The lowest BCUT2D eigenvalue weighted by molar-refractivity contribution is 0.0317. The van der Waals surface area contributed by atoms with Crippen molar-refractivity contribution in [2.24, 2.45) is 7.05 Å². The molecule has 0 bridgehead atoms. The molecule has 0 saturated carbocycles. The third kappa shape index (κ3) is 6.19. The number of carbonyl (C=O) groups excluding carboxylic acids is 1. The number of hydrogen-bond acceptors (Lipinski definition) is 10. The molecule has 1 atom stereocenters. The first-order valence-electron chi connectivity index (χ1n) is 14.4. The highest BCUT2D eigenvalue weighted by Crippen LogP contribution is 2.31. The van der Waals surface area contributed by atoms with Crippen LogP contribution in [0.4, 0.5) is 11.6 Å². The molecule has 0 unspecified atom stereocenters. The molecule has 1 aromatic carbocycles. The second-order valence-corrected chi connectivity index (χ2v) is 12.0. The van der Waals surface area contributed by atoms with Gasteiger partial charge in [0.1, 0.15) is 0 Å². The van der Waals surface area contributed by atoms with E-state index in [1.54, 1.807) is 17.1 Å². The number of fused-ring (bicyclic) bond motifs is 1. The Morgan fingerprint density at radius 1 is 1.12 bits per heavy atom. The lowest BCUT2D eigenvalue weighted by atomic mass is 9.96. The predicted molar refractivity (Wildman–Crippen MR) is 156 cm³/mol. The molecule has 220 valence electrons. The summed E-state index contributed by atoms with van der Waals surface area (Å²) in [7, 11) is 1.86. The summed E-state index contributed by atoms with van der Waals surface area (Å²) in [5.74, 6) is 0.549. The summed E-state index contributed by atoms with van der Waals surface area (Å²) in [4.78, 5) is 25.0. The summed E-state index contributed by atoms with van der Waals surface area (Å²) >= 11 is 0. The first-order valence-corrected chi connectivity index (χ1v) is 14.4. The van der Waals surface area contributed by atoms with Crippen LogP contribution in [0.1, 0.15) is 67.4 Å². The summed E-state index contributed by atoms with van der Waals surface area (Å²) in [5, 5.41) is 18.8. The number of hydrogen-bond donors (Lipinski definition) is 2. The van der Waals surface area contributed by atoms with Crippen molar-refractivity contribution in [3.05, 3.63) is 65.8 Å². The molecule has 1 amide bonds. The van der Waals surface area contributed by atoms with Gasteiger partial charge >= 0.3 is 11.8 Å². The van der Waals surface area contributed by atoms with Crippen LogP contribution in [0, 0.1) is 0 Å². The van der Waals surface area contributed by atoms with Crippen molar-refractivity contribution in [3.63, 3.8) is 0 Å². The molecule has 6 rings (SSSR count). The Morgan fingerprint density at radius 2 is 1.95 bits per heavy atom. The maximum atomic E-state index is 13.4. The van der Waals surface area contributed by atoms with Crippen LogP contribution in [-0.4, -0.2) is 73.1 Å². The first-order chi connectivity index (χ1) is 20.2. The van der Waals surface area contributed by atoms with E-state index in [1.165, 1.54) is 5.56 Å². The largest absolute Gasteiger partial charge is 0.416 e. The zero-order chi connectivity index (χ0) is 29.3. The third-order valence-corrected chi connectivity index (χ3v) is 7.79. The fourth-order valence-electron chi connectivity index (χ4n) is 5.55. The summed E-state index contributed by atoms with van der Waals surface area (Å²) in [6, 6.07) is 8.41. The lowest BCUT2D eigenvalue weighted by Crippen LogP contribution is -2.44. The van der Waals surface area contributed by atoms with Crippen molar-refractivity contribution in [2.75, 3.05) is 31.6 Å². The molecule has 0 radical (unpaired) electrons. The van der Waals surface area contributed by atoms with Gasteiger partial charge in [-0.2, -0.15) is 5.10 Å². The first kappa shape index (κ1) is 28.0. The molecule has 4 aromatic rings. The number of benzene rings is 1. The van der Waals surface area contributed by atoms with Gasteiger partial charge in [-0.1, -0.05) is 32.9 Å². The van der Waals surface area contributed by atoms with Crippen molar-refractivity contribution in [3.8, 4) is 11.3 Å². The molecule has 2 N–H and O–H groups in total. The highest BCUT2D eigenvalue weighted by atomic mass is 16.5. The number of aromatic nitrogens is 6. The maximum absolute atomic E-state index is 13.4. The highest BCUT2D eigenvalue weighted by Gasteiger charge is 2.31. The van der Waals surface area contributed by atoms with Crippen molar-refractivity contribution < 1.29 is 13.9 Å². The summed E-state index contributed by atoms with van der Waals surface area (Å²) < 4.78 is 13.1. The molecule has 2 aliphatic heterocycles. The van der Waals surface area contributed by atoms with Crippen molar-refractivity contribution in [1.82, 2.24) is 40.2 Å². The van der Waals surface area contributed by atoms with E-state index in [4.69, 9.17) is 14.1 Å². The molecule has 2 aliphatic rings. The lowest BCUT2D eigenvalue weighted by Gasteiger charge is -2.35. The molecule has 0 spiro atoms. The standard InChI is InChI=1S/C30H37N9O3/c1-30(2,3)28-37-36-27(42-28)26(40)34-25-18-39(22-9-13-41-14-10-22)12-8-19-15-20(5-6-23(19)25)24-7-11-31-29(35-24)33-21-16-32-38(4)17-21/h5-7,11,15-17,22,25H,8-10,12-14,18H2,1-4H3,(H,34,40)(H,31,33,35)/t25-/m0/s1. The number of nitrogens with zero attached hydrogens (tertiary/aromatic N) is 7. The minimum atomic E-state index is -0.367. The molecular formula is C30H37N9O3. The highest BCUT2D eigenvalue weighted by molar-refractivity contribution is 5.89. The van der Waals surface area contributed by atoms with E-state index in [9.17, 15) is 4.79 Å². The number of rotatable bonds is 6. The van der Waals surface area contributed by atoms with E-state index in [0.29, 0.717) is 24.4 Å². The van der Waals surface area contributed by atoms with Crippen LogP contribution in [0.2, 0.25) is 0 Å². The number of carbonyl (C=O) groups is 1. The maximum Gasteiger partial charge on any atom is 0.309 e. The van der Waals surface area contributed by atoms with Crippen LogP contribution in [0.5, 0.6) is 0 Å². The van der Waals surface area contributed by atoms with Gasteiger partial charge in [0.15, 0.2) is 0 Å². The number of ether oxygens (including phenoxy) is 1. The normalized spacial score (nSPS) is 18.3. The third-order valence-electron chi connectivity index (χ3n) is 7.79. The average Bonchev–Trinajstić information content (AvgIpc) is 3.61. The molecule has 12 nitrogen and oxygen atoms in total. The molecule has 5 heterocycles. The number of anilines is 2. The van der Waals surface area contributed by atoms with Gasteiger partial charge in [0.25, 0.3) is 0 Å². The van der Waals surface area contributed by atoms with Crippen LogP contribution in [-0.2, 0) is 23.6 Å². The molecule has 42 heavy (non-hydrogen) atoms. The quantitative estimate of drug-likeness (QED) is 0.352. The van der Waals surface area contributed by atoms with Crippen LogP contribution >= 0.6 is 0 Å². The van der Waals surface area contributed by atoms with Gasteiger partial charge in [0.2, 0.25) is 11.8 Å². The summed E-state index contributed by atoms with van der Waals surface area (Å²) in [6.07, 6.45) is 8.17. The Labute approximate surface area is 244 Å². The van der Waals surface area contributed by atoms with Gasteiger partial charge in [-0.05, 0) is 42.5 Å². The predicted octanol–water partition coefficient (Wildman–Crippen LogP) is 3.81. The second-order valence-electron chi connectivity index (χ2n) is 12.0. The SMILES string of the molecule is Cn1cc(Nc2nccc(-c3ccc4c(c3)CCN(C3CCOCC3)C[C@@H]4NC(=O)c3nnc(C(C)(C)C)o3)n2)cn1. The van der Waals surface area contributed by atoms with Gasteiger partial charge in [0.05, 0.1) is 23.6 Å². The zero-order valence-corrected chi connectivity index (χ0v) is 24.5. The van der Waals surface area contributed by atoms with Crippen LogP contribution < -0.4 is 10.6 Å². The molecule has 1 fully saturated rings. The van der Waals surface area contributed by atoms with E-state index in [1.807, 2.05) is 40.1 Å². The van der Waals surface area contributed by atoms with Crippen LogP contribution in [0.3, 0.4) is 0 Å². The number of nitrogens with one attached hydrogen (secondary N) is 2. The second kappa shape index (κ2) is 11.6. The number of aryl methyl sites for hydroxylation is 1. The van der Waals surface area contributed by atoms with E-state index >= 15 is 0 Å². The minimum absolute atomic E-state index is 0.0189. The Kier molecular flexibility index (Phi) is 7.74. The zero-order valence-electron chi connectivity index (χ0n) is 24.5. The minimum Gasteiger partial charge on any atom is -0.416 e. The van der Waals surface area contributed by atoms with Gasteiger partial charge in [-0.25, -0.2) is 9.97 Å². The molecule has 1 saturated heterocycles. The topological polar surface area (TPSA) is 136 Å². The van der Waals surface area contributed by atoms with Crippen molar-refractivity contribution in [1.29, 1.82) is 0 Å². The Balaban J connectivity index is 1.28. The molecule has 12 heteroatoms. The Morgan fingerprint density at radius 3 is 2.69 bits per heavy atom. The van der Waals surface area contributed by atoms with E-state index in [0.717, 1.165) is 61.5 Å².